The molecule has 28 heavy (non-hydrogen) atoms. The molecule has 1 aromatic heterocycles. The molecule has 0 fully saturated rings. The second-order valence-corrected chi connectivity index (χ2v) is 7.32. The van der Waals surface area contributed by atoms with E-state index < -0.39 is 0 Å². The van der Waals surface area contributed by atoms with Crippen molar-refractivity contribution in [3.05, 3.63) is 63.7 Å². The lowest BCUT2D eigenvalue weighted by Gasteiger charge is -2.10. The topological polar surface area (TPSA) is 60.5 Å². The standard InChI is InChI=1S/C20H16BrFN2O3S/c1-26-17-10-12(9-15(21)19(17)27-2)3-8-18(25)24-20-23-16(11-28-20)13-4-6-14(22)7-5-13/h3-11H,1-2H3,(H,23,24,25)/b8-3+. The molecule has 0 aliphatic heterocycles. The van der Waals surface area contributed by atoms with Gasteiger partial charge in [0.15, 0.2) is 16.6 Å². The van der Waals surface area contributed by atoms with Crippen LogP contribution in [0, 0.1) is 5.82 Å². The molecule has 0 aliphatic rings. The highest BCUT2D eigenvalue weighted by Crippen LogP contribution is 2.36. The van der Waals surface area contributed by atoms with Gasteiger partial charge in [-0.05, 0) is 64.0 Å². The predicted octanol–water partition coefficient (Wildman–Crippen LogP) is 5.38. The maximum absolute atomic E-state index is 13.0. The molecule has 0 atom stereocenters. The van der Waals surface area contributed by atoms with Crippen LogP contribution in [0.3, 0.4) is 0 Å². The summed E-state index contributed by atoms with van der Waals surface area (Å²) < 4.78 is 24.3. The van der Waals surface area contributed by atoms with Crippen LogP contribution < -0.4 is 14.8 Å². The third kappa shape index (κ3) is 4.76. The normalized spacial score (nSPS) is 10.9. The van der Waals surface area contributed by atoms with Gasteiger partial charge in [-0.1, -0.05) is 0 Å². The molecule has 3 rings (SSSR count). The van der Waals surface area contributed by atoms with Gasteiger partial charge in [-0.15, -0.1) is 11.3 Å². The number of aromatic nitrogens is 1. The number of nitrogens with one attached hydrogen (secondary N) is 1. The summed E-state index contributed by atoms with van der Waals surface area (Å²) >= 11 is 4.72. The number of rotatable bonds is 6. The maximum atomic E-state index is 13.0. The van der Waals surface area contributed by atoms with Crippen molar-refractivity contribution in [2.45, 2.75) is 0 Å². The number of methoxy groups -OCH3 is 2. The van der Waals surface area contributed by atoms with Crippen LogP contribution in [0.25, 0.3) is 17.3 Å². The molecular formula is C20H16BrFN2O3S. The van der Waals surface area contributed by atoms with Crippen molar-refractivity contribution >= 4 is 44.4 Å². The lowest BCUT2D eigenvalue weighted by Crippen LogP contribution is -2.07. The van der Waals surface area contributed by atoms with Crippen molar-refractivity contribution in [3.8, 4) is 22.8 Å². The first kappa shape index (κ1) is 20.0. The van der Waals surface area contributed by atoms with E-state index in [0.29, 0.717) is 22.3 Å². The number of thiazole rings is 1. The Morgan fingerprint density at radius 3 is 2.64 bits per heavy atom. The fourth-order valence-corrected chi connectivity index (χ4v) is 3.78. The van der Waals surface area contributed by atoms with E-state index in [1.54, 1.807) is 43.9 Å². The van der Waals surface area contributed by atoms with Gasteiger partial charge in [0.2, 0.25) is 5.91 Å². The van der Waals surface area contributed by atoms with Gasteiger partial charge in [0.1, 0.15) is 5.82 Å². The van der Waals surface area contributed by atoms with Gasteiger partial charge in [0, 0.05) is 17.0 Å². The lowest BCUT2D eigenvalue weighted by molar-refractivity contribution is -0.111. The van der Waals surface area contributed by atoms with Crippen molar-refractivity contribution in [1.29, 1.82) is 0 Å². The molecule has 3 aromatic rings. The predicted molar refractivity (Wildman–Crippen MR) is 112 cm³/mol. The van der Waals surface area contributed by atoms with Gasteiger partial charge in [0.25, 0.3) is 0 Å². The number of carbonyl (C=O) groups excluding carboxylic acids is 1. The van der Waals surface area contributed by atoms with Gasteiger partial charge in [-0.25, -0.2) is 9.37 Å². The molecule has 1 heterocycles. The van der Waals surface area contributed by atoms with E-state index in [0.717, 1.165) is 15.6 Å². The molecule has 1 amide bonds. The summed E-state index contributed by atoms with van der Waals surface area (Å²) in [6.45, 7) is 0. The molecule has 0 saturated carbocycles. The molecule has 0 unspecified atom stereocenters. The molecule has 5 nitrogen and oxygen atoms in total. The zero-order valence-corrected chi connectivity index (χ0v) is 17.4. The summed E-state index contributed by atoms with van der Waals surface area (Å²) in [7, 11) is 3.10. The quantitative estimate of drug-likeness (QED) is 0.499. The van der Waals surface area contributed by atoms with E-state index in [1.165, 1.54) is 29.5 Å². The van der Waals surface area contributed by atoms with E-state index in [9.17, 15) is 9.18 Å². The molecule has 8 heteroatoms. The van der Waals surface area contributed by atoms with Gasteiger partial charge < -0.3 is 9.47 Å². The molecule has 1 N–H and O–H groups in total. The fraction of sp³-hybridized carbons (Fsp3) is 0.100. The monoisotopic (exact) mass is 462 g/mol. The summed E-state index contributed by atoms with van der Waals surface area (Å²) in [5, 5.41) is 4.98. The van der Waals surface area contributed by atoms with Crippen LogP contribution in [0.2, 0.25) is 0 Å². The number of hydrogen-bond donors (Lipinski definition) is 1. The first-order valence-electron chi connectivity index (χ1n) is 8.12. The van der Waals surface area contributed by atoms with Crippen molar-refractivity contribution < 1.29 is 18.7 Å². The summed E-state index contributed by atoms with van der Waals surface area (Å²) in [5.41, 5.74) is 2.22. The third-order valence-electron chi connectivity index (χ3n) is 3.76. The Hall–Kier alpha value is -2.71. The number of carbonyl (C=O) groups is 1. The fourth-order valence-electron chi connectivity index (χ4n) is 2.44. The van der Waals surface area contributed by atoms with Gasteiger partial charge >= 0.3 is 0 Å². The minimum absolute atomic E-state index is 0.306. The highest BCUT2D eigenvalue weighted by atomic mass is 79.9. The minimum atomic E-state index is -0.314. The summed E-state index contributed by atoms with van der Waals surface area (Å²) in [5.74, 6) is 0.520. The van der Waals surface area contributed by atoms with Crippen LogP contribution in [-0.4, -0.2) is 25.1 Å². The zero-order valence-electron chi connectivity index (χ0n) is 15.0. The summed E-state index contributed by atoms with van der Waals surface area (Å²) in [6.07, 6.45) is 3.07. The second-order valence-electron chi connectivity index (χ2n) is 5.61. The Morgan fingerprint density at radius 1 is 1.21 bits per heavy atom. The van der Waals surface area contributed by atoms with E-state index in [-0.39, 0.29) is 11.7 Å². The Kier molecular flexibility index (Phi) is 6.43. The van der Waals surface area contributed by atoms with Crippen molar-refractivity contribution in [1.82, 2.24) is 4.98 Å². The first-order valence-corrected chi connectivity index (χ1v) is 9.79. The van der Waals surface area contributed by atoms with Crippen LogP contribution in [0.5, 0.6) is 11.5 Å². The molecular weight excluding hydrogens is 447 g/mol. The number of anilines is 1. The number of ether oxygens (including phenoxy) is 2. The Balaban J connectivity index is 1.69. The largest absolute Gasteiger partial charge is 0.493 e. The van der Waals surface area contributed by atoms with Crippen LogP contribution in [0.15, 0.2) is 52.3 Å². The highest BCUT2D eigenvalue weighted by molar-refractivity contribution is 9.10. The van der Waals surface area contributed by atoms with E-state index in [2.05, 4.69) is 26.2 Å². The lowest BCUT2D eigenvalue weighted by atomic mass is 10.2. The maximum Gasteiger partial charge on any atom is 0.250 e. The number of nitrogens with zero attached hydrogens (tertiary/aromatic N) is 1. The average Bonchev–Trinajstić information content (AvgIpc) is 3.14. The summed E-state index contributed by atoms with van der Waals surface area (Å²) in [6, 6.07) is 9.62. The molecule has 2 aromatic carbocycles. The van der Waals surface area contributed by atoms with Crippen LogP contribution in [0.4, 0.5) is 9.52 Å². The van der Waals surface area contributed by atoms with Gasteiger partial charge in [-0.2, -0.15) is 0 Å². The molecule has 0 bridgehead atoms. The zero-order chi connectivity index (χ0) is 20.1. The second kappa shape index (κ2) is 8.99. The first-order chi connectivity index (χ1) is 13.5. The molecule has 0 saturated heterocycles. The Morgan fingerprint density at radius 2 is 1.96 bits per heavy atom. The molecule has 0 aliphatic carbocycles. The van der Waals surface area contributed by atoms with Crippen LogP contribution in [-0.2, 0) is 4.79 Å². The van der Waals surface area contributed by atoms with Crippen LogP contribution in [0.1, 0.15) is 5.56 Å². The Labute approximate surface area is 174 Å². The van der Waals surface area contributed by atoms with E-state index >= 15 is 0 Å². The van der Waals surface area contributed by atoms with E-state index in [1.807, 2.05) is 6.07 Å². The highest BCUT2D eigenvalue weighted by Gasteiger charge is 2.10. The average molecular weight is 463 g/mol. The van der Waals surface area contributed by atoms with Gasteiger partial charge in [0.05, 0.1) is 24.4 Å². The number of amides is 1. The Bertz CT molecular complexity index is 1020. The van der Waals surface area contributed by atoms with E-state index in [4.69, 9.17) is 9.47 Å². The molecule has 0 spiro atoms. The SMILES string of the molecule is COc1cc(/C=C/C(=O)Nc2nc(-c3ccc(F)cc3)cs2)cc(Br)c1OC. The minimum Gasteiger partial charge on any atom is -0.493 e. The smallest absolute Gasteiger partial charge is 0.250 e. The van der Waals surface area contributed by atoms with Gasteiger partial charge in [-0.3, -0.25) is 10.1 Å². The van der Waals surface area contributed by atoms with Crippen molar-refractivity contribution in [3.63, 3.8) is 0 Å². The van der Waals surface area contributed by atoms with Crippen molar-refractivity contribution in [2.24, 2.45) is 0 Å². The number of hydrogen-bond acceptors (Lipinski definition) is 5. The van der Waals surface area contributed by atoms with Crippen molar-refractivity contribution in [2.75, 3.05) is 19.5 Å². The molecule has 0 radical (unpaired) electrons. The van der Waals surface area contributed by atoms with Crippen LogP contribution >= 0.6 is 27.3 Å². The third-order valence-corrected chi connectivity index (χ3v) is 5.10. The number of halogens is 2. The summed E-state index contributed by atoms with van der Waals surface area (Å²) in [4.78, 5) is 16.5. The molecule has 144 valence electrons. The number of benzene rings is 2.